The largest absolute Gasteiger partial charge is 0.383 e. The third-order valence-electron chi connectivity index (χ3n) is 3.56. The van der Waals surface area contributed by atoms with Gasteiger partial charge in [0.1, 0.15) is 5.82 Å². The van der Waals surface area contributed by atoms with Gasteiger partial charge in [-0.3, -0.25) is 19.1 Å². The molecular formula is C15H26N4O3. The number of unbranched alkanes of at least 4 members (excludes halogenated alkanes) is 2. The average Bonchev–Trinajstić information content (AvgIpc) is 2.49. The van der Waals surface area contributed by atoms with Crippen LogP contribution in [0.25, 0.3) is 0 Å². The van der Waals surface area contributed by atoms with Gasteiger partial charge in [-0.25, -0.2) is 4.79 Å². The molecular weight excluding hydrogens is 284 g/mol. The fourth-order valence-corrected chi connectivity index (χ4v) is 2.24. The summed E-state index contributed by atoms with van der Waals surface area (Å²) in [6.45, 7) is 6.58. The van der Waals surface area contributed by atoms with Gasteiger partial charge < -0.3 is 10.6 Å². The van der Waals surface area contributed by atoms with Crippen LogP contribution >= 0.6 is 0 Å². The van der Waals surface area contributed by atoms with E-state index >= 15 is 0 Å². The van der Waals surface area contributed by atoms with Crippen molar-refractivity contribution >= 4 is 17.4 Å². The Morgan fingerprint density at radius 1 is 1.18 bits per heavy atom. The van der Waals surface area contributed by atoms with Crippen molar-refractivity contribution in [2.45, 2.75) is 59.4 Å². The minimum Gasteiger partial charge on any atom is -0.383 e. The van der Waals surface area contributed by atoms with Crippen molar-refractivity contribution < 1.29 is 4.79 Å². The number of carbonyl (C=O) groups is 1. The summed E-state index contributed by atoms with van der Waals surface area (Å²) < 4.78 is 1.34. The zero-order chi connectivity index (χ0) is 16.7. The van der Waals surface area contributed by atoms with Crippen LogP contribution in [0.15, 0.2) is 9.59 Å². The maximum Gasteiger partial charge on any atom is 0.330 e. The van der Waals surface area contributed by atoms with Crippen LogP contribution in [-0.2, 0) is 11.3 Å². The van der Waals surface area contributed by atoms with Crippen molar-refractivity contribution in [3.8, 4) is 0 Å². The fraction of sp³-hybridized carbons (Fsp3) is 0.667. The molecule has 0 saturated carbocycles. The molecule has 0 spiro atoms. The van der Waals surface area contributed by atoms with Crippen LogP contribution in [-0.4, -0.2) is 22.0 Å². The molecule has 1 aromatic heterocycles. The van der Waals surface area contributed by atoms with Gasteiger partial charge in [0, 0.05) is 19.5 Å². The van der Waals surface area contributed by atoms with Gasteiger partial charge in [0.15, 0.2) is 5.69 Å². The topological polar surface area (TPSA) is 101 Å². The first-order chi connectivity index (χ1) is 10.5. The second kappa shape index (κ2) is 8.41. The van der Waals surface area contributed by atoms with Crippen LogP contribution < -0.4 is 21.9 Å². The molecule has 0 radical (unpaired) electrons. The van der Waals surface area contributed by atoms with E-state index < -0.39 is 11.2 Å². The summed E-state index contributed by atoms with van der Waals surface area (Å²) in [5, 5.41) is 0. The number of H-pyrrole nitrogens is 1. The number of nitrogens with two attached hydrogens (primary N) is 1. The first-order valence-corrected chi connectivity index (χ1v) is 7.90. The maximum atomic E-state index is 12.2. The van der Waals surface area contributed by atoms with Crippen molar-refractivity contribution in [2.75, 3.05) is 17.2 Å². The standard InChI is InChI=1S/C15H26N4O3/c1-4-7-9-18(11(20)6-3)12-13(16)19(10-8-5-2)15(22)17-14(12)21/h4-10,16H2,1-3H3,(H,17,21,22). The first-order valence-electron chi connectivity index (χ1n) is 7.90. The third kappa shape index (κ3) is 3.99. The molecule has 0 aromatic carbocycles. The molecule has 0 saturated heterocycles. The number of nitrogens with one attached hydrogen (secondary N) is 1. The smallest absolute Gasteiger partial charge is 0.330 e. The lowest BCUT2D eigenvalue weighted by Crippen LogP contribution is -2.41. The van der Waals surface area contributed by atoms with E-state index in [-0.39, 0.29) is 23.8 Å². The zero-order valence-corrected chi connectivity index (χ0v) is 13.6. The van der Waals surface area contributed by atoms with E-state index in [1.54, 1.807) is 6.92 Å². The number of nitrogen functional groups attached to an aromatic ring is 1. The molecule has 0 aliphatic carbocycles. The lowest BCUT2D eigenvalue weighted by molar-refractivity contribution is -0.118. The number of hydrogen-bond donors (Lipinski definition) is 2. The predicted molar refractivity (Wildman–Crippen MR) is 88.2 cm³/mol. The number of nitrogens with zero attached hydrogens (tertiary/aromatic N) is 2. The molecule has 0 aliphatic heterocycles. The van der Waals surface area contributed by atoms with Crippen molar-refractivity contribution in [3.05, 3.63) is 20.8 Å². The minimum atomic E-state index is -0.604. The summed E-state index contributed by atoms with van der Waals surface area (Å²) in [6.07, 6.45) is 3.59. The molecule has 0 aliphatic rings. The maximum absolute atomic E-state index is 12.2. The molecule has 0 atom stereocenters. The molecule has 3 N–H and O–H groups in total. The second-order valence-corrected chi connectivity index (χ2v) is 5.25. The van der Waals surface area contributed by atoms with Gasteiger partial charge in [0.25, 0.3) is 5.56 Å². The van der Waals surface area contributed by atoms with Crippen molar-refractivity contribution in [3.63, 3.8) is 0 Å². The summed E-state index contributed by atoms with van der Waals surface area (Å²) in [7, 11) is 0. The minimum absolute atomic E-state index is 0.0695. The summed E-state index contributed by atoms with van der Waals surface area (Å²) in [4.78, 5) is 39.9. The number of aromatic nitrogens is 2. The molecule has 1 aromatic rings. The van der Waals surface area contributed by atoms with Crippen molar-refractivity contribution in [1.82, 2.24) is 9.55 Å². The Hall–Kier alpha value is -2.05. The number of anilines is 2. The van der Waals surface area contributed by atoms with E-state index in [0.717, 1.165) is 25.7 Å². The van der Waals surface area contributed by atoms with Crippen LogP contribution in [0.3, 0.4) is 0 Å². The highest BCUT2D eigenvalue weighted by Gasteiger charge is 2.22. The highest BCUT2D eigenvalue weighted by molar-refractivity contribution is 5.95. The SMILES string of the molecule is CCCCN(C(=O)CC)c1c(N)n(CCCC)c(=O)[nH]c1=O. The Labute approximate surface area is 130 Å². The Morgan fingerprint density at radius 2 is 1.82 bits per heavy atom. The third-order valence-corrected chi connectivity index (χ3v) is 3.56. The molecule has 1 rings (SSSR count). The molecule has 0 bridgehead atoms. The van der Waals surface area contributed by atoms with Gasteiger partial charge >= 0.3 is 5.69 Å². The number of amides is 1. The fourth-order valence-electron chi connectivity index (χ4n) is 2.24. The molecule has 7 heteroatoms. The molecule has 7 nitrogen and oxygen atoms in total. The monoisotopic (exact) mass is 310 g/mol. The van der Waals surface area contributed by atoms with Crippen LogP contribution in [0.4, 0.5) is 11.5 Å². The summed E-state index contributed by atoms with van der Waals surface area (Å²) in [6, 6.07) is 0. The van der Waals surface area contributed by atoms with E-state index in [0.29, 0.717) is 13.1 Å². The van der Waals surface area contributed by atoms with Gasteiger partial charge in [-0.15, -0.1) is 0 Å². The average molecular weight is 310 g/mol. The Kier molecular flexibility index (Phi) is 6.88. The molecule has 1 heterocycles. The first kappa shape index (κ1) is 18.0. The molecule has 22 heavy (non-hydrogen) atoms. The van der Waals surface area contributed by atoms with Gasteiger partial charge in [0.05, 0.1) is 0 Å². The van der Waals surface area contributed by atoms with Crippen LogP contribution in [0.2, 0.25) is 0 Å². The molecule has 0 fully saturated rings. The van der Waals surface area contributed by atoms with E-state index in [9.17, 15) is 14.4 Å². The highest BCUT2D eigenvalue weighted by Crippen LogP contribution is 2.18. The lowest BCUT2D eigenvalue weighted by Gasteiger charge is -2.24. The quantitative estimate of drug-likeness (QED) is 0.759. The second-order valence-electron chi connectivity index (χ2n) is 5.25. The normalized spacial score (nSPS) is 10.7. The number of rotatable bonds is 8. The molecule has 0 unspecified atom stereocenters. The van der Waals surface area contributed by atoms with Gasteiger partial charge in [-0.1, -0.05) is 33.6 Å². The van der Waals surface area contributed by atoms with Crippen LogP contribution in [0, 0.1) is 0 Å². The van der Waals surface area contributed by atoms with Gasteiger partial charge in [-0.2, -0.15) is 0 Å². The lowest BCUT2D eigenvalue weighted by atomic mass is 10.2. The van der Waals surface area contributed by atoms with E-state index in [1.807, 2.05) is 13.8 Å². The summed E-state index contributed by atoms with van der Waals surface area (Å²) >= 11 is 0. The van der Waals surface area contributed by atoms with Crippen molar-refractivity contribution in [1.29, 1.82) is 0 Å². The van der Waals surface area contributed by atoms with E-state index in [4.69, 9.17) is 5.73 Å². The van der Waals surface area contributed by atoms with E-state index in [1.165, 1.54) is 9.47 Å². The van der Waals surface area contributed by atoms with Gasteiger partial charge in [-0.05, 0) is 12.8 Å². The number of carbonyl (C=O) groups excluding carboxylic acids is 1. The number of aromatic amines is 1. The predicted octanol–water partition coefficient (Wildman–Crippen LogP) is 1.46. The Morgan fingerprint density at radius 3 is 2.36 bits per heavy atom. The zero-order valence-electron chi connectivity index (χ0n) is 13.6. The Bertz CT molecular complexity index is 618. The van der Waals surface area contributed by atoms with Crippen LogP contribution in [0.1, 0.15) is 52.9 Å². The van der Waals surface area contributed by atoms with Crippen LogP contribution in [0.5, 0.6) is 0 Å². The summed E-state index contributed by atoms with van der Waals surface area (Å²) in [5.74, 6) is -0.105. The molecule has 124 valence electrons. The highest BCUT2D eigenvalue weighted by atomic mass is 16.2. The van der Waals surface area contributed by atoms with Gasteiger partial charge in [0.2, 0.25) is 5.91 Å². The van der Waals surface area contributed by atoms with Crippen molar-refractivity contribution in [2.24, 2.45) is 0 Å². The van der Waals surface area contributed by atoms with E-state index in [2.05, 4.69) is 4.98 Å². The molecule has 1 amide bonds. The number of hydrogen-bond acceptors (Lipinski definition) is 4. The summed E-state index contributed by atoms with van der Waals surface area (Å²) in [5.41, 5.74) is 5.00. The Balaban J connectivity index is 3.38.